The fourth-order valence-electron chi connectivity index (χ4n) is 2.86. The van der Waals surface area contributed by atoms with Gasteiger partial charge in [-0.25, -0.2) is 4.79 Å². The lowest BCUT2D eigenvalue weighted by atomic mass is 9.97. The molecule has 5 nitrogen and oxygen atoms in total. The van der Waals surface area contributed by atoms with Crippen molar-refractivity contribution in [2.75, 3.05) is 13.7 Å². The third-order valence-corrected chi connectivity index (χ3v) is 4.52. The molecule has 1 aliphatic rings. The van der Waals surface area contributed by atoms with E-state index in [1.54, 1.807) is 0 Å². The van der Waals surface area contributed by atoms with Crippen LogP contribution < -0.4 is 10.1 Å². The molecule has 0 spiro atoms. The first-order valence-electron chi connectivity index (χ1n) is 7.83. The SMILES string of the molecule is COC(=O)C1(NC(=O)CCCOc2cccc(Br)c2)CCCC1. The van der Waals surface area contributed by atoms with Gasteiger partial charge in [-0.05, 0) is 37.5 Å². The van der Waals surface area contributed by atoms with Gasteiger partial charge in [-0.1, -0.05) is 34.8 Å². The molecule has 0 aliphatic heterocycles. The Hall–Kier alpha value is -1.56. The van der Waals surface area contributed by atoms with Gasteiger partial charge in [0.2, 0.25) is 5.91 Å². The largest absolute Gasteiger partial charge is 0.494 e. The Balaban J connectivity index is 1.75. The van der Waals surface area contributed by atoms with Crippen LogP contribution in [0.1, 0.15) is 38.5 Å². The molecule has 0 heterocycles. The van der Waals surface area contributed by atoms with Crippen LogP contribution >= 0.6 is 15.9 Å². The van der Waals surface area contributed by atoms with Gasteiger partial charge < -0.3 is 14.8 Å². The van der Waals surface area contributed by atoms with Crippen molar-refractivity contribution in [2.45, 2.75) is 44.1 Å². The first-order valence-corrected chi connectivity index (χ1v) is 8.63. The number of rotatable bonds is 7. The minimum Gasteiger partial charge on any atom is -0.494 e. The van der Waals surface area contributed by atoms with E-state index in [1.807, 2.05) is 24.3 Å². The maximum Gasteiger partial charge on any atom is 0.331 e. The molecule has 6 heteroatoms. The van der Waals surface area contributed by atoms with Crippen molar-refractivity contribution < 1.29 is 19.1 Å². The highest BCUT2D eigenvalue weighted by atomic mass is 79.9. The van der Waals surface area contributed by atoms with Crippen LogP contribution in [-0.2, 0) is 14.3 Å². The fraction of sp³-hybridized carbons (Fsp3) is 0.529. The maximum atomic E-state index is 12.1. The zero-order valence-corrected chi connectivity index (χ0v) is 14.9. The summed E-state index contributed by atoms with van der Waals surface area (Å²) in [6.07, 6.45) is 4.09. The molecule has 0 atom stereocenters. The average molecular weight is 384 g/mol. The van der Waals surface area contributed by atoms with Crippen LogP contribution in [0.3, 0.4) is 0 Å². The summed E-state index contributed by atoms with van der Waals surface area (Å²) in [4.78, 5) is 24.1. The summed E-state index contributed by atoms with van der Waals surface area (Å²) < 4.78 is 11.4. The van der Waals surface area contributed by atoms with Crippen molar-refractivity contribution in [3.63, 3.8) is 0 Å². The Labute approximate surface area is 144 Å². The van der Waals surface area contributed by atoms with E-state index in [2.05, 4.69) is 21.2 Å². The Morgan fingerprint density at radius 1 is 1.30 bits per heavy atom. The van der Waals surface area contributed by atoms with E-state index >= 15 is 0 Å². The Bertz CT molecular complexity index is 555. The number of carbonyl (C=O) groups is 2. The lowest BCUT2D eigenvalue weighted by Gasteiger charge is -2.27. The van der Waals surface area contributed by atoms with E-state index in [-0.39, 0.29) is 11.9 Å². The molecule has 0 unspecified atom stereocenters. The first-order chi connectivity index (χ1) is 11.1. The number of hydrogen-bond donors (Lipinski definition) is 1. The molecule has 1 fully saturated rings. The smallest absolute Gasteiger partial charge is 0.331 e. The highest BCUT2D eigenvalue weighted by Gasteiger charge is 2.43. The van der Waals surface area contributed by atoms with Crippen LogP contribution in [0.15, 0.2) is 28.7 Å². The zero-order valence-electron chi connectivity index (χ0n) is 13.3. The number of carbonyl (C=O) groups excluding carboxylic acids is 2. The fourth-order valence-corrected chi connectivity index (χ4v) is 3.24. The number of benzene rings is 1. The second-order valence-corrected chi connectivity index (χ2v) is 6.65. The summed E-state index contributed by atoms with van der Waals surface area (Å²) in [6.45, 7) is 0.453. The molecule has 1 amide bonds. The van der Waals surface area contributed by atoms with Crippen LogP contribution in [0.2, 0.25) is 0 Å². The molecule has 1 aliphatic carbocycles. The van der Waals surface area contributed by atoms with Gasteiger partial charge in [-0.15, -0.1) is 0 Å². The molecule has 1 aromatic carbocycles. The molecular formula is C17H22BrNO4. The molecular weight excluding hydrogens is 362 g/mol. The van der Waals surface area contributed by atoms with Crippen molar-refractivity contribution >= 4 is 27.8 Å². The first kappa shape index (κ1) is 17.8. The number of esters is 1. The van der Waals surface area contributed by atoms with Gasteiger partial charge >= 0.3 is 5.97 Å². The predicted octanol–water partition coefficient (Wildman–Crippen LogP) is 3.21. The normalized spacial score (nSPS) is 15.9. The summed E-state index contributed by atoms with van der Waals surface area (Å²) in [5.41, 5.74) is -0.822. The molecule has 1 N–H and O–H groups in total. The quantitative estimate of drug-likeness (QED) is 0.579. The van der Waals surface area contributed by atoms with Crippen molar-refractivity contribution in [3.8, 4) is 5.75 Å². The number of amides is 1. The number of methoxy groups -OCH3 is 1. The Kier molecular flexibility index (Phi) is 6.45. The second-order valence-electron chi connectivity index (χ2n) is 5.74. The summed E-state index contributed by atoms with van der Waals surface area (Å²) in [6, 6.07) is 7.57. The van der Waals surface area contributed by atoms with E-state index in [4.69, 9.17) is 9.47 Å². The number of ether oxygens (including phenoxy) is 2. The minimum atomic E-state index is -0.822. The molecule has 1 aromatic rings. The van der Waals surface area contributed by atoms with Gasteiger partial charge in [0.1, 0.15) is 11.3 Å². The average Bonchev–Trinajstić information content (AvgIpc) is 3.00. The van der Waals surface area contributed by atoms with E-state index in [9.17, 15) is 9.59 Å². The predicted molar refractivity (Wildman–Crippen MR) is 90.2 cm³/mol. The molecule has 0 aromatic heterocycles. The van der Waals surface area contributed by atoms with Gasteiger partial charge in [0.25, 0.3) is 0 Å². The minimum absolute atomic E-state index is 0.129. The molecule has 23 heavy (non-hydrogen) atoms. The third-order valence-electron chi connectivity index (χ3n) is 4.02. The summed E-state index contributed by atoms with van der Waals surface area (Å²) in [7, 11) is 1.36. The Morgan fingerprint density at radius 3 is 2.70 bits per heavy atom. The van der Waals surface area contributed by atoms with Gasteiger partial charge in [0, 0.05) is 10.9 Å². The lowest BCUT2D eigenvalue weighted by Crippen LogP contribution is -2.53. The van der Waals surface area contributed by atoms with Crippen molar-refractivity contribution in [1.29, 1.82) is 0 Å². The van der Waals surface area contributed by atoms with Crippen LogP contribution in [0, 0.1) is 0 Å². The highest BCUT2D eigenvalue weighted by molar-refractivity contribution is 9.10. The van der Waals surface area contributed by atoms with E-state index in [1.165, 1.54) is 7.11 Å². The van der Waals surface area contributed by atoms with E-state index in [0.29, 0.717) is 32.3 Å². The van der Waals surface area contributed by atoms with Crippen LogP contribution in [0.25, 0.3) is 0 Å². The van der Waals surface area contributed by atoms with Crippen molar-refractivity contribution in [1.82, 2.24) is 5.32 Å². The van der Waals surface area contributed by atoms with Gasteiger partial charge in [-0.3, -0.25) is 4.79 Å². The van der Waals surface area contributed by atoms with Crippen molar-refractivity contribution in [3.05, 3.63) is 28.7 Å². The van der Waals surface area contributed by atoms with Gasteiger partial charge in [0.15, 0.2) is 0 Å². The zero-order chi connectivity index (χ0) is 16.7. The van der Waals surface area contributed by atoms with Crippen molar-refractivity contribution in [2.24, 2.45) is 0 Å². The molecule has 1 saturated carbocycles. The number of nitrogens with one attached hydrogen (secondary N) is 1. The molecule has 126 valence electrons. The van der Waals surface area contributed by atoms with Crippen LogP contribution in [0.5, 0.6) is 5.75 Å². The summed E-state index contributed by atoms with van der Waals surface area (Å²) >= 11 is 3.38. The van der Waals surface area contributed by atoms with Crippen LogP contribution in [0.4, 0.5) is 0 Å². The Morgan fingerprint density at radius 2 is 2.04 bits per heavy atom. The monoisotopic (exact) mass is 383 g/mol. The summed E-state index contributed by atoms with van der Waals surface area (Å²) in [5.74, 6) is 0.297. The number of hydrogen-bond acceptors (Lipinski definition) is 4. The van der Waals surface area contributed by atoms with E-state index in [0.717, 1.165) is 23.1 Å². The van der Waals surface area contributed by atoms with Gasteiger partial charge in [0.05, 0.1) is 13.7 Å². The molecule has 0 saturated heterocycles. The number of halogens is 1. The third kappa shape index (κ3) is 4.96. The lowest BCUT2D eigenvalue weighted by molar-refractivity contribution is -0.150. The highest BCUT2D eigenvalue weighted by Crippen LogP contribution is 2.31. The topological polar surface area (TPSA) is 64.6 Å². The second kappa shape index (κ2) is 8.34. The van der Waals surface area contributed by atoms with Crippen LogP contribution in [-0.4, -0.2) is 31.1 Å². The summed E-state index contributed by atoms with van der Waals surface area (Å²) in [5, 5.41) is 2.87. The standard InChI is InChI=1S/C17H22BrNO4/c1-22-16(21)17(9-2-3-10-17)19-15(20)8-5-11-23-14-7-4-6-13(18)12-14/h4,6-7,12H,2-3,5,8-11H2,1H3,(H,19,20). The molecule has 2 rings (SSSR count). The maximum absolute atomic E-state index is 12.1. The van der Waals surface area contributed by atoms with Gasteiger partial charge in [-0.2, -0.15) is 0 Å². The van der Waals surface area contributed by atoms with E-state index < -0.39 is 5.54 Å². The molecule has 0 bridgehead atoms. The molecule has 0 radical (unpaired) electrons.